The molecule has 0 N–H and O–H groups in total. The Bertz CT molecular complexity index is 822. The SMILES string of the molecule is O=c1c2ccccc2n(SC(Cl)(Cl)Cl)c(=S)n1SC(Cl)(Cl)Cl. The highest BCUT2D eigenvalue weighted by Crippen LogP contribution is 2.43. The van der Waals surface area contributed by atoms with Crippen molar-refractivity contribution in [3.05, 3.63) is 39.4 Å². The molecule has 1 heterocycles. The van der Waals surface area contributed by atoms with Crippen LogP contribution in [0.4, 0.5) is 0 Å². The molecular weight excluding hydrogens is 473 g/mol. The van der Waals surface area contributed by atoms with Gasteiger partial charge in [-0.25, -0.2) is 3.97 Å². The molecule has 12 heteroatoms. The fraction of sp³-hybridized carbons (Fsp3) is 0.200. The van der Waals surface area contributed by atoms with Crippen LogP contribution in [0.2, 0.25) is 0 Å². The molecule has 0 atom stereocenters. The molecule has 0 spiro atoms. The molecule has 1 aromatic carbocycles. The fourth-order valence-electron chi connectivity index (χ4n) is 1.59. The van der Waals surface area contributed by atoms with Gasteiger partial charge in [0.15, 0.2) is 0 Å². The molecule has 0 amide bonds. The molecule has 0 radical (unpaired) electrons. The molecule has 0 aliphatic carbocycles. The first-order valence-corrected chi connectivity index (χ1v) is 9.51. The summed E-state index contributed by atoms with van der Waals surface area (Å²) in [5.41, 5.74) is 0.0769. The summed E-state index contributed by atoms with van der Waals surface area (Å²) in [5.74, 6) is 0. The first-order valence-electron chi connectivity index (χ1n) is 5.29. The minimum atomic E-state index is -1.78. The smallest absolute Gasteiger partial charge is 0.268 e. The second-order valence-electron chi connectivity index (χ2n) is 3.77. The maximum absolute atomic E-state index is 12.5. The lowest BCUT2D eigenvalue weighted by molar-refractivity contribution is 1.03. The molecule has 3 nitrogen and oxygen atoms in total. The molecule has 2 aromatic rings. The Labute approximate surface area is 169 Å². The Kier molecular flexibility index (Phi) is 6.24. The lowest BCUT2D eigenvalue weighted by Crippen LogP contribution is -2.23. The Morgan fingerprint density at radius 1 is 0.909 bits per heavy atom. The predicted octanol–water partition coefficient (Wildman–Crippen LogP) is 6.18. The maximum atomic E-state index is 12.5. The van der Waals surface area contributed by atoms with Crippen LogP contribution in [-0.2, 0) is 0 Å². The van der Waals surface area contributed by atoms with Crippen LogP contribution < -0.4 is 5.56 Å². The van der Waals surface area contributed by atoms with Gasteiger partial charge < -0.3 is 0 Å². The highest BCUT2D eigenvalue weighted by atomic mass is 35.6. The van der Waals surface area contributed by atoms with Gasteiger partial charge in [-0.1, -0.05) is 81.7 Å². The van der Waals surface area contributed by atoms with E-state index in [0.717, 1.165) is 15.9 Å². The third kappa shape index (κ3) is 4.77. The average molecular weight is 477 g/mol. The van der Waals surface area contributed by atoms with Gasteiger partial charge in [0.05, 0.1) is 10.9 Å². The van der Waals surface area contributed by atoms with Crippen LogP contribution in [0, 0.1) is 4.77 Å². The normalized spacial score (nSPS) is 12.8. The zero-order valence-corrected chi connectivity index (χ0v) is 17.1. The number of alkyl halides is 6. The van der Waals surface area contributed by atoms with Crippen LogP contribution in [0.1, 0.15) is 0 Å². The van der Waals surface area contributed by atoms with Crippen molar-refractivity contribution < 1.29 is 0 Å². The minimum Gasteiger partial charge on any atom is -0.268 e. The zero-order valence-electron chi connectivity index (χ0n) is 10.1. The number of hydrogen-bond acceptors (Lipinski definition) is 4. The Morgan fingerprint density at radius 2 is 1.41 bits per heavy atom. The number of halogens is 6. The quantitative estimate of drug-likeness (QED) is 0.382. The highest BCUT2D eigenvalue weighted by molar-refractivity contribution is 8.04. The van der Waals surface area contributed by atoms with Gasteiger partial charge in [-0.2, -0.15) is 0 Å². The van der Waals surface area contributed by atoms with Crippen LogP contribution in [0.5, 0.6) is 0 Å². The number of hydrogen-bond donors (Lipinski definition) is 0. The summed E-state index contributed by atoms with van der Waals surface area (Å²) in [5, 5.41) is 0.347. The molecule has 0 aliphatic heterocycles. The average Bonchev–Trinajstić information content (AvgIpc) is 2.37. The number of aromatic nitrogens is 2. The number of rotatable bonds is 2. The van der Waals surface area contributed by atoms with E-state index in [-0.39, 0.29) is 4.77 Å². The molecule has 120 valence electrons. The van der Waals surface area contributed by atoms with Gasteiger partial charge >= 0.3 is 0 Å². The topological polar surface area (TPSA) is 26.9 Å². The monoisotopic (exact) mass is 474 g/mol. The van der Waals surface area contributed by atoms with Crippen molar-refractivity contribution in [2.24, 2.45) is 0 Å². The van der Waals surface area contributed by atoms with E-state index >= 15 is 0 Å². The van der Waals surface area contributed by atoms with Gasteiger partial charge in [-0.05, 0) is 24.4 Å². The Hall–Kier alpha value is 1.02. The van der Waals surface area contributed by atoms with E-state index in [0.29, 0.717) is 22.9 Å². The minimum absolute atomic E-state index is 0.0383. The van der Waals surface area contributed by atoms with Crippen molar-refractivity contribution in [2.45, 2.75) is 6.25 Å². The highest BCUT2D eigenvalue weighted by Gasteiger charge is 2.28. The number of para-hydroxylation sites is 1. The van der Waals surface area contributed by atoms with Crippen molar-refractivity contribution in [1.29, 1.82) is 0 Å². The zero-order chi connectivity index (χ0) is 16.7. The Balaban J connectivity index is 2.82. The summed E-state index contributed by atoms with van der Waals surface area (Å²) >= 11 is 41.4. The van der Waals surface area contributed by atoms with E-state index in [1.165, 1.54) is 3.97 Å². The third-order valence-electron chi connectivity index (χ3n) is 2.27. The van der Waals surface area contributed by atoms with Crippen molar-refractivity contribution in [1.82, 2.24) is 7.94 Å². The van der Waals surface area contributed by atoms with Crippen molar-refractivity contribution in [2.75, 3.05) is 0 Å². The molecule has 2 rings (SSSR count). The van der Waals surface area contributed by atoms with E-state index in [2.05, 4.69) is 0 Å². The van der Waals surface area contributed by atoms with Crippen molar-refractivity contribution in [3.63, 3.8) is 0 Å². The van der Waals surface area contributed by atoms with Crippen molar-refractivity contribution in [3.8, 4) is 0 Å². The lowest BCUT2D eigenvalue weighted by Gasteiger charge is -2.19. The summed E-state index contributed by atoms with van der Waals surface area (Å²) in [4.78, 5) is 12.5. The summed E-state index contributed by atoms with van der Waals surface area (Å²) in [6.45, 7) is 0. The maximum Gasteiger partial charge on any atom is 0.272 e. The van der Waals surface area contributed by atoms with Gasteiger partial charge in [-0.3, -0.25) is 8.77 Å². The van der Waals surface area contributed by atoms with Crippen LogP contribution in [0.3, 0.4) is 0 Å². The van der Waals surface area contributed by atoms with Crippen LogP contribution >= 0.6 is 106 Å². The first-order chi connectivity index (χ1) is 9.99. The number of fused-ring (bicyclic) bond motifs is 1. The van der Waals surface area contributed by atoms with E-state index in [9.17, 15) is 4.79 Å². The molecular formula is C10H4Cl6N2OS3. The molecule has 0 fully saturated rings. The molecule has 0 aliphatic rings. The van der Waals surface area contributed by atoms with E-state index in [1.54, 1.807) is 24.3 Å². The molecule has 22 heavy (non-hydrogen) atoms. The lowest BCUT2D eigenvalue weighted by atomic mass is 10.2. The summed E-state index contributed by atoms with van der Waals surface area (Å²) < 4.78 is -0.913. The van der Waals surface area contributed by atoms with Gasteiger partial charge in [0.25, 0.3) is 11.8 Å². The summed E-state index contributed by atoms with van der Waals surface area (Å²) in [6, 6.07) is 6.72. The standard InChI is InChI=1S/C10H4Cl6N2OS3/c11-9(12,13)21-17-6-4-2-1-3-5(6)7(19)18(8(17)20)22-10(14,15)16/h1-4H. The van der Waals surface area contributed by atoms with Gasteiger partial charge in [0, 0.05) is 23.9 Å². The third-order valence-corrected chi connectivity index (χ3v) is 5.60. The summed E-state index contributed by atoms with van der Waals surface area (Å²) in [7, 11) is 0. The molecule has 0 bridgehead atoms. The summed E-state index contributed by atoms with van der Waals surface area (Å²) in [6.07, 6.45) is 0. The molecule has 1 aromatic heterocycles. The number of nitrogens with zero attached hydrogens (tertiary/aromatic N) is 2. The second kappa shape index (κ2) is 7.10. The Morgan fingerprint density at radius 3 is 1.95 bits per heavy atom. The molecule has 0 unspecified atom stereocenters. The first kappa shape index (κ1) is 19.3. The second-order valence-corrected chi connectivity index (χ2v) is 12.4. The van der Waals surface area contributed by atoms with Crippen LogP contribution in [-0.4, -0.2) is 14.2 Å². The van der Waals surface area contributed by atoms with E-state index in [4.69, 9.17) is 81.8 Å². The molecule has 0 saturated carbocycles. The van der Waals surface area contributed by atoms with Crippen LogP contribution in [0.15, 0.2) is 29.1 Å². The van der Waals surface area contributed by atoms with Gasteiger partial charge in [0.2, 0.25) is 4.77 Å². The van der Waals surface area contributed by atoms with Gasteiger partial charge in [0.1, 0.15) is 0 Å². The van der Waals surface area contributed by atoms with Crippen LogP contribution in [0.25, 0.3) is 10.9 Å². The largest absolute Gasteiger partial charge is 0.272 e. The van der Waals surface area contributed by atoms with E-state index < -0.39 is 11.8 Å². The predicted molar refractivity (Wildman–Crippen MR) is 104 cm³/mol. The number of benzene rings is 1. The van der Waals surface area contributed by atoms with Gasteiger partial charge in [-0.15, -0.1) is 0 Å². The van der Waals surface area contributed by atoms with Crippen molar-refractivity contribution >= 4 is 117 Å². The van der Waals surface area contributed by atoms with E-state index in [1.807, 2.05) is 0 Å². The molecule has 0 saturated heterocycles. The fourth-order valence-corrected chi connectivity index (χ4v) is 4.46.